The number of likely N-dealkylation sites (tertiary alicyclic amines) is 1. The molecule has 130 valence electrons. The molecule has 0 bridgehead atoms. The molecule has 0 spiro atoms. The summed E-state index contributed by atoms with van der Waals surface area (Å²) in [6, 6.07) is 10.2. The third kappa shape index (κ3) is 4.17. The number of carbonyl (C=O) groups is 2. The van der Waals surface area contributed by atoms with Gasteiger partial charge in [0, 0.05) is 24.2 Å². The van der Waals surface area contributed by atoms with Gasteiger partial charge in [-0.05, 0) is 55.7 Å². The van der Waals surface area contributed by atoms with E-state index in [1.165, 1.54) is 18.2 Å². The minimum absolute atomic E-state index is 0.0716. The van der Waals surface area contributed by atoms with Crippen molar-refractivity contribution < 1.29 is 14.0 Å². The average Bonchev–Trinajstić information content (AvgIpc) is 2.63. The lowest BCUT2D eigenvalue weighted by atomic mass is 10.1. The van der Waals surface area contributed by atoms with Gasteiger partial charge in [-0.2, -0.15) is 0 Å². The lowest BCUT2D eigenvalue weighted by Crippen LogP contribution is -2.35. The highest BCUT2D eigenvalue weighted by Gasteiger charge is 2.19. The van der Waals surface area contributed by atoms with E-state index in [4.69, 9.17) is 11.6 Å². The molecule has 2 aromatic carbocycles. The van der Waals surface area contributed by atoms with E-state index in [0.717, 1.165) is 38.4 Å². The number of nitrogens with one attached hydrogen (secondary N) is 1. The van der Waals surface area contributed by atoms with Gasteiger partial charge in [-0.3, -0.25) is 9.59 Å². The zero-order valence-electron chi connectivity index (χ0n) is 13.6. The lowest BCUT2D eigenvalue weighted by molar-refractivity contribution is 0.0724. The molecule has 0 aliphatic carbocycles. The smallest absolute Gasteiger partial charge is 0.255 e. The number of carbonyl (C=O) groups excluding carboxylic acids is 2. The molecule has 1 saturated heterocycles. The molecule has 25 heavy (non-hydrogen) atoms. The summed E-state index contributed by atoms with van der Waals surface area (Å²) in [5.41, 5.74) is 0.989. The Morgan fingerprint density at radius 2 is 1.76 bits per heavy atom. The molecular weight excluding hydrogens is 343 g/mol. The molecule has 0 unspecified atom stereocenters. The molecule has 1 aliphatic rings. The zero-order chi connectivity index (χ0) is 17.8. The number of piperidine rings is 1. The highest BCUT2D eigenvalue weighted by Crippen LogP contribution is 2.25. The van der Waals surface area contributed by atoms with Gasteiger partial charge in [-0.1, -0.05) is 17.7 Å². The van der Waals surface area contributed by atoms with Crippen molar-refractivity contribution in [2.45, 2.75) is 19.3 Å². The fraction of sp³-hybridized carbons (Fsp3) is 0.263. The van der Waals surface area contributed by atoms with E-state index >= 15 is 0 Å². The number of anilines is 1. The molecule has 0 saturated carbocycles. The molecule has 0 radical (unpaired) electrons. The summed E-state index contributed by atoms with van der Waals surface area (Å²) >= 11 is 6.14. The van der Waals surface area contributed by atoms with Crippen molar-refractivity contribution in [1.29, 1.82) is 0 Å². The van der Waals surface area contributed by atoms with Crippen molar-refractivity contribution in [3.63, 3.8) is 0 Å². The maximum Gasteiger partial charge on any atom is 0.255 e. The molecule has 4 nitrogen and oxygen atoms in total. The van der Waals surface area contributed by atoms with Crippen LogP contribution in [0.5, 0.6) is 0 Å². The van der Waals surface area contributed by atoms with E-state index < -0.39 is 11.7 Å². The predicted molar refractivity (Wildman–Crippen MR) is 95.6 cm³/mol. The molecule has 1 aliphatic heterocycles. The van der Waals surface area contributed by atoms with Gasteiger partial charge in [0.15, 0.2) is 0 Å². The van der Waals surface area contributed by atoms with E-state index in [1.54, 1.807) is 18.2 Å². The van der Waals surface area contributed by atoms with E-state index in [9.17, 15) is 14.0 Å². The van der Waals surface area contributed by atoms with Crippen LogP contribution < -0.4 is 5.32 Å². The number of hydrogen-bond acceptors (Lipinski definition) is 2. The van der Waals surface area contributed by atoms with Gasteiger partial charge in [0.05, 0.1) is 10.7 Å². The third-order valence-corrected chi connectivity index (χ3v) is 4.52. The van der Waals surface area contributed by atoms with E-state index in [-0.39, 0.29) is 11.5 Å². The SMILES string of the molecule is O=C(Nc1cc(C(=O)N2CCCCC2)ccc1Cl)c1cccc(F)c1. The summed E-state index contributed by atoms with van der Waals surface area (Å²) in [6.45, 7) is 1.49. The Morgan fingerprint density at radius 3 is 2.48 bits per heavy atom. The highest BCUT2D eigenvalue weighted by molar-refractivity contribution is 6.34. The Labute approximate surface area is 150 Å². The van der Waals surface area contributed by atoms with Crippen LogP contribution in [-0.2, 0) is 0 Å². The number of hydrogen-bond donors (Lipinski definition) is 1. The van der Waals surface area contributed by atoms with Crippen LogP contribution in [0.25, 0.3) is 0 Å². The molecule has 0 aromatic heterocycles. The summed E-state index contributed by atoms with van der Waals surface area (Å²) in [7, 11) is 0. The van der Waals surface area contributed by atoms with Crippen molar-refractivity contribution in [1.82, 2.24) is 4.90 Å². The van der Waals surface area contributed by atoms with Gasteiger partial charge in [0.2, 0.25) is 0 Å². The third-order valence-electron chi connectivity index (χ3n) is 4.19. The van der Waals surface area contributed by atoms with E-state index in [0.29, 0.717) is 16.3 Å². The second-order valence-electron chi connectivity index (χ2n) is 6.01. The number of benzene rings is 2. The molecular formula is C19H18ClFN2O2. The maximum atomic E-state index is 13.3. The van der Waals surface area contributed by atoms with Crippen LogP contribution in [0.15, 0.2) is 42.5 Å². The first-order valence-electron chi connectivity index (χ1n) is 8.20. The number of nitrogens with zero attached hydrogens (tertiary/aromatic N) is 1. The average molecular weight is 361 g/mol. The Bertz CT molecular complexity index is 804. The zero-order valence-corrected chi connectivity index (χ0v) is 14.4. The molecule has 1 N–H and O–H groups in total. The van der Waals surface area contributed by atoms with E-state index in [2.05, 4.69) is 5.32 Å². The van der Waals surface area contributed by atoms with E-state index in [1.807, 2.05) is 4.90 Å². The molecule has 2 aromatic rings. The normalized spacial score (nSPS) is 14.2. The molecule has 3 rings (SSSR count). The van der Waals surface area contributed by atoms with Gasteiger partial charge in [0.25, 0.3) is 11.8 Å². The van der Waals surface area contributed by atoms with Crippen molar-refractivity contribution in [3.05, 3.63) is 64.4 Å². The number of halogens is 2. The highest BCUT2D eigenvalue weighted by atomic mass is 35.5. The van der Waals surface area contributed by atoms with Crippen molar-refractivity contribution >= 4 is 29.1 Å². The molecule has 1 fully saturated rings. The Kier molecular flexibility index (Phi) is 5.34. The van der Waals surface area contributed by atoms with Gasteiger partial charge in [0.1, 0.15) is 5.82 Å². The Hall–Kier alpha value is -2.40. The maximum absolute atomic E-state index is 13.3. The van der Waals surface area contributed by atoms with Crippen LogP contribution in [0.1, 0.15) is 40.0 Å². The lowest BCUT2D eigenvalue weighted by Gasteiger charge is -2.27. The number of rotatable bonds is 3. The van der Waals surface area contributed by atoms with Crippen LogP contribution in [0.3, 0.4) is 0 Å². The minimum Gasteiger partial charge on any atom is -0.339 e. The van der Waals surface area contributed by atoms with Gasteiger partial charge < -0.3 is 10.2 Å². The first-order valence-corrected chi connectivity index (χ1v) is 8.58. The fourth-order valence-corrected chi connectivity index (χ4v) is 3.02. The molecule has 2 amide bonds. The Morgan fingerprint density at radius 1 is 1.00 bits per heavy atom. The summed E-state index contributed by atoms with van der Waals surface area (Å²) in [6.07, 6.45) is 3.14. The van der Waals surface area contributed by atoms with Crippen LogP contribution in [-0.4, -0.2) is 29.8 Å². The van der Waals surface area contributed by atoms with Gasteiger partial charge >= 0.3 is 0 Å². The number of amides is 2. The first kappa shape index (κ1) is 17.4. The predicted octanol–water partition coefficient (Wildman–Crippen LogP) is 4.36. The second-order valence-corrected chi connectivity index (χ2v) is 6.42. The van der Waals surface area contributed by atoms with Gasteiger partial charge in [-0.25, -0.2) is 4.39 Å². The van der Waals surface area contributed by atoms with Gasteiger partial charge in [-0.15, -0.1) is 0 Å². The quantitative estimate of drug-likeness (QED) is 0.884. The Balaban J connectivity index is 1.79. The van der Waals surface area contributed by atoms with Crippen LogP contribution in [0, 0.1) is 5.82 Å². The monoisotopic (exact) mass is 360 g/mol. The molecule has 6 heteroatoms. The van der Waals surface area contributed by atoms with Crippen LogP contribution in [0.4, 0.5) is 10.1 Å². The topological polar surface area (TPSA) is 49.4 Å². The molecule has 1 heterocycles. The van der Waals surface area contributed by atoms with Crippen molar-refractivity contribution in [3.8, 4) is 0 Å². The van der Waals surface area contributed by atoms with Crippen LogP contribution >= 0.6 is 11.6 Å². The first-order chi connectivity index (χ1) is 12.0. The summed E-state index contributed by atoms with van der Waals surface area (Å²) < 4.78 is 13.3. The summed E-state index contributed by atoms with van der Waals surface area (Å²) in [4.78, 5) is 26.7. The summed E-state index contributed by atoms with van der Waals surface area (Å²) in [5, 5.41) is 2.96. The second kappa shape index (κ2) is 7.66. The van der Waals surface area contributed by atoms with Crippen molar-refractivity contribution in [2.24, 2.45) is 0 Å². The standard InChI is InChI=1S/C19H18ClFN2O2/c20-16-8-7-14(19(25)23-9-2-1-3-10-23)12-17(16)22-18(24)13-5-4-6-15(21)11-13/h4-8,11-12H,1-3,9-10H2,(H,22,24). The molecule has 0 atom stereocenters. The van der Waals surface area contributed by atoms with Crippen LogP contribution in [0.2, 0.25) is 5.02 Å². The fourth-order valence-electron chi connectivity index (χ4n) is 2.86. The van der Waals surface area contributed by atoms with Crippen molar-refractivity contribution in [2.75, 3.05) is 18.4 Å². The largest absolute Gasteiger partial charge is 0.339 e. The summed E-state index contributed by atoms with van der Waals surface area (Å²) in [5.74, 6) is -1.05. The minimum atomic E-state index is -0.493.